The number of carbonyl (C=O) groups is 4. The van der Waals surface area contributed by atoms with E-state index in [0.717, 1.165) is 18.2 Å². The molecule has 0 radical (unpaired) electrons. The smallest absolute Gasteiger partial charge is 0.407 e. The quantitative estimate of drug-likeness (QED) is 0.347. The first-order valence-electron chi connectivity index (χ1n) is 13.4. The summed E-state index contributed by atoms with van der Waals surface area (Å²) in [5.41, 5.74) is -0.608. The molecule has 0 saturated carbocycles. The molecule has 2 aromatic rings. The number of halogens is 2. The molecular weight excluding hydrogens is 500 g/mol. The molecule has 0 spiro atoms. The first-order valence-corrected chi connectivity index (χ1v) is 11.9. The Kier molecular flexibility index (Phi) is 9.48. The average Bonchev–Trinajstić information content (AvgIpc) is 2.85. The van der Waals surface area contributed by atoms with Crippen LogP contribution in [0.3, 0.4) is 0 Å². The van der Waals surface area contributed by atoms with E-state index in [1.54, 1.807) is 20.8 Å². The Morgan fingerprint density at radius 3 is 2.37 bits per heavy atom. The first-order chi connectivity index (χ1) is 19.1. The minimum Gasteiger partial charge on any atom is -0.480 e. The average molecular weight is 537 g/mol. The third kappa shape index (κ3) is 10.5. The molecule has 0 bridgehead atoms. The molecule has 2 rings (SSSR count). The molecule has 3 N–H and O–H groups in total. The van der Waals surface area contributed by atoms with Crippen molar-refractivity contribution in [2.45, 2.75) is 58.5 Å². The fraction of sp³-hybridized carbons (Fsp3) is 0.407. The van der Waals surface area contributed by atoms with Crippen molar-refractivity contribution in [3.63, 3.8) is 0 Å². The summed E-state index contributed by atoms with van der Waals surface area (Å²) < 4.78 is 59.6. The van der Waals surface area contributed by atoms with E-state index in [-0.39, 0.29) is 24.2 Å². The number of Topliss-reactive ketones (excluding diaryl/α,β-unsaturated/α-hetero) is 1. The van der Waals surface area contributed by atoms with Gasteiger partial charge < -0.3 is 25.4 Å². The Labute approximate surface area is 224 Å². The van der Waals surface area contributed by atoms with Crippen LogP contribution in [0, 0.1) is 11.6 Å². The largest absolute Gasteiger partial charge is 0.480 e. The van der Waals surface area contributed by atoms with Crippen LogP contribution in [0.4, 0.5) is 19.3 Å². The summed E-state index contributed by atoms with van der Waals surface area (Å²) in [5.74, 6) is -5.36. The lowest BCUT2D eigenvalue weighted by atomic mass is 10.0. The fourth-order valence-electron chi connectivity index (χ4n) is 3.27. The van der Waals surface area contributed by atoms with E-state index in [2.05, 4.69) is 16.0 Å². The highest BCUT2D eigenvalue weighted by atomic mass is 19.1. The van der Waals surface area contributed by atoms with E-state index in [9.17, 15) is 28.0 Å². The molecule has 0 saturated heterocycles. The number of alkyl carbamates (subject to hydrolysis) is 1. The van der Waals surface area contributed by atoms with Gasteiger partial charge in [0.2, 0.25) is 5.91 Å². The zero-order valence-corrected chi connectivity index (χ0v) is 21.4. The van der Waals surface area contributed by atoms with Crippen molar-refractivity contribution in [3.8, 4) is 5.75 Å². The molecular formula is C27H33F2N3O6. The van der Waals surface area contributed by atoms with Crippen LogP contribution in [0.15, 0.2) is 42.5 Å². The van der Waals surface area contributed by atoms with Gasteiger partial charge in [0, 0.05) is 28.8 Å². The molecule has 0 aliphatic rings. The van der Waals surface area contributed by atoms with E-state index < -0.39 is 66.2 Å². The molecule has 3 amide bonds. The highest BCUT2D eigenvalue weighted by Crippen LogP contribution is 2.21. The maximum Gasteiger partial charge on any atom is 0.407 e. The monoisotopic (exact) mass is 536 g/mol. The first kappa shape index (κ1) is 25.6. The zero-order valence-electron chi connectivity index (χ0n) is 24.4. The number of carbonyl (C=O) groups excluding carboxylic acids is 4. The number of unbranched alkanes of at least 4 members (excludes halogenated alkanes) is 1. The third-order valence-electron chi connectivity index (χ3n) is 4.94. The standard InChI is InChI=1S/C27H33F2N3O6/c1-17(33)31-19-10-7-9-18(15-19)25(35)32-22(13-5-6-14-30-26(36)38-27(2,3)4)23(34)16-37-24-20(28)11-8-12-21(24)29/h7-12,15,22H,5-6,13-14,16H2,1-4H3,(H,30,36)(H,31,33)(H,32,35)/t22-/m1/s1/i1D3. The summed E-state index contributed by atoms with van der Waals surface area (Å²) in [6, 6.07) is 7.36. The molecule has 206 valence electrons. The van der Waals surface area contributed by atoms with Gasteiger partial charge in [-0.3, -0.25) is 14.4 Å². The van der Waals surface area contributed by atoms with Crippen LogP contribution in [-0.4, -0.2) is 48.5 Å². The van der Waals surface area contributed by atoms with Gasteiger partial charge in [0.25, 0.3) is 5.91 Å². The maximum atomic E-state index is 13.9. The van der Waals surface area contributed by atoms with Crippen LogP contribution in [0.2, 0.25) is 0 Å². The summed E-state index contributed by atoms with van der Waals surface area (Å²) in [7, 11) is 0. The molecule has 2 aromatic carbocycles. The predicted octanol–water partition coefficient (Wildman–Crippen LogP) is 4.36. The fourth-order valence-corrected chi connectivity index (χ4v) is 3.27. The maximum absolute atomic E-state index is 13.9. The van der Waals surface area contributed by atoms with Gasteiger partial charge in [0.15, 0.2) is 23.2 Å². The Morgan fingerprint density at radius 2 is 1.71 bits per heavy atom. The highest BCUT2D eigenvalue weighted by Gasteiger charge is 2.23. The lowest BCUT2D eigenvalue weighted by Gasteiger charge is -2.20. The van der Waals surface area contributed by atoms with Gasteiger partial charge in [-0.1, -0.05) is 12.1 Å². The second-order valence-electron chi connectivity index (χ2n) is 9.29. The van der Waals surface area contributed by atoms with Crippen molar-refractivity contribution in [3.05, 3.63) is 59.7 Å². The molecule has 0 unspecified atom stereocenters. The summed E-state index contributed by atoms with van der Waals surface area (Å²) in [4.78, 5) is 49.5. The van der Waals surface area contributed by atoms with Gasteiger partial charge in [0.05, 0.1) is 6.04 Å². The van der Waals surface area contributed by atoms with Gasteiger partial charge in [-0.05, 0) is 70.4 Å². The number of amides is 3. The SMILES string of the molecule is [2H]C([2H])([2H])C(=O)Nc1cccc(C(=O)N[C@H](CCCCNC(=O)OC(C)(C)C)C(=O)COc2c(F)cccc2F)c1. The Morgan fingerprint density at radius 1 is 1.03 bits per heavy atom. The number of hydrogen-bond donors (Lipinski definition) is 3. The Balaban J connectivity index is 2.08. The number of para-hydroxylation sites is 1. The van der Waals surface area contributed by atoms with Crippen LogP contribution in [0.25, 0.3) is 0 Å². The van der Waals surface area contributed by atoms with Crippen molar-refractivity contribution in [2.75, 3.05) is 18.5 Å². The Bertz CT molecular complexity index is 1230. The van der Waals surface area contributed by atoms with E-state index in [1.165, 1.54) is 24.3 Å². The molecule has 11 heteroatoms. The van der Waals surface area contributed by atoms with Crippen LogP contribution in [0.5, 0.6) is 5.75 Å². The van der Waals surface area contributed by atoms with Crippen LogP contribution < -0.4 is 20.7 Å². The van der Waals surface area contributed by atoms with Crippen LogP contribution in [-0.2, 0) is 14.3 Å². The van der Waals surface area contributed by atoms with Crippen molar-refractivity contribution in [1.82, 2.24) is 10.6 Å². The molecule has 9 nitrogen and oxygen atoms in total. The summed E-state index contributed by atoms with van der Waals surface area (Å²) in [5, 5.41) is 7.32. The number of ketones is 1. The molecule has 0 fully saturated rings. The molecule has 0 heterocycles. The van der Waals surface area contributed by atoms with Gasteiger partial charge in [0.1, 0.15) is 12.2 Å². The molecule has 38 heavy (non-hydrogen) atoms. The van der Waals surface area contributed by atoms with Crippen molar-refractivity contribution in [2.24, 2.45) is 0 Å². The number of nitrogens with one attached hydrogen (secondary N) is 3. The topological polar surface area (TPSA) is 123 Å². The van der Waals surface area contributed by atoms with E-state index >= 15 is 0 Å². The summed E-state index contributed by atoms with van der Waals surface area (Å²) in [6.45, 7) is 1.75. The molecule has 0 aliphatic heterocycles. The third-order valence-corrected chi connectivity index (χ3v) is 4.94. The number of benzene rings is 2. The number of rotatable bonds is 12. The van der Waals surface area contributed by atoms with Crippen LogP contribution >= 0.6 is 0 Å². The minimum absolute atomic E-state index is 0.0128. The van der Waals surface area contributed by atoms with E-state index in [0.29, 0.717) is 12.8 Å². The van der Waals surface area contributed by atoms with E-state index in [1.807, 2.05) is 0 Å². The van der Waals surface area contributed by atoms with E-state index in [4.69, 9.17) is 13.6 Å². The zero-order chi connectivity index (χ0) is 30.8. The number of ether oxygens (including phenoxy) is 2. The minimum atomic E-state index is -2.90. The summed E-state index contributed by atoms with van der Waals surface area (Å²) >= 11 is 0. The molecule has 0 aromatic heterocycles. The van der Waals surface area contributed by atoms with Crippen molar-refractivity contribution >= 4 is 29.4 Å². The van der Waals surface area contributed by atoms with Crippen LogP contribution in [0.1, 0.15) is 61.4 Å². The lowest BCUT2D eigenvalue weighted by Crippen LogP contribution is -2.43. The molecule has 1 atom stereocenters. The summed E-state index contributed by atoms with van der Waals surface area (Å²) in [6.07, 6.45) is 0.261. The second kappa shape index (κ2) is 14.1. The van der Waals surface area contributed by atoms with Gasteiger partial charge in [-0.15, -0.1) is 0 Å². The number of anilines is 1. The number of hydrogen-bond acceptors (Lipinski definition) is 6. The van der Waals surface area contributed by atoms with Crippen molar-refractivity contribution < 1.29 is 41.5 Å². The lowest BCUT2D eigenvalue weighted by molar-refractivity contribution is -0.123. The van der Waals surface area contributed by atoms with Gasteiger partial charge in [-0.25, -0.2) is 13.6 Å². The predicted molar refractivity (Wildman–Crippen MR) is 137 cm³/mol. The highest BCUT2D eigenvalue weighted by molar-refractivity contribution is 5.99. The van der Waals surface area contributed by atoms with Crippen molar-refractivity contribution in [1.29, 1.82) is 0 Å². The van der Waals surface area contributed by atoms with Gasteiger partial charge >= 0.3 is 6.09 Å². The second-order valence-corrected chi connectivity index (χ2v) is 9.29. The Hall–Kier alpha value is -4.02. The molecule has 0 aliphatic carbocycles. The van der Waals surface area contributed by atoms with Gasteiger partial charge in [-0.2, -0.15) is 0 Å². The normalized spacial score (nSPS) is 13.2.